The summed E-state index contributed by atoms with van der Waals surface area (Å²) in [5.41, 5.74) is 4.12. The Labute approximate surface area is 158 Å². The third-order valence-electron chi connectivity index (χ3n) is 5.44. The number of para-hydroxylation sites is 1. The number of hydrogen-bond acceptors (Lipinski definition) is 3. The van der Waals surface area contributed by atoms with E-state index in [1.807, 2.05) is 24.3 Å². The zero-order valence-electron chi connectivity index (χ0n) is 15.4. The summed E-state index contributed by atoms with van der Waals surface area (Å²) in [5.74, 6) is 0.928. The maximum Gasteiger partial charge on any atom is 0.120 e. The average Bonchev–Trinajstić information content (AvgIpc) is 3.32. The third-order valence-corrected chi connectivity index (χ3v) is 5.44. The van der Waals surface area contributed by atoms with Crippen LogP contribution < -0.4 is 4.74 Å². The number of aromatic nitrogens is 3. The molecular weight excluding hydrogens is 336 g/mol. The molecule has 0 radical (unpaired) electrons. The van der Waals surface area contributed by atoms with Crippen molar-refractivity contribution in [3.63, 3.8) is 0 Å². The second kappa shape index (κ2) is 7.08. The van der Waals surface area contributed by atoms with Gasteiger partial charge in [-0.3, -0.25) is 10.00 Å². The van der Waals surface area contributed by atoms with Gasteiger partial charge in [-0.15, -0.1) is 0 Å². The molecule has 138 valence electrons. The quantitative estimate of drug-likeness (QED) is 0.548. The number of nitrogens with zero attached hydrogens (tertiary/aromatic N) is 2. The van der Waals surface area contributed by atoms with Crippen molar-refractivity contribution in [2.75, 3.05) is 26.2 Å². The zero-order valence-corrected chi connectivity index (χ0v) is 15.4. The van der Waals surface area contributed by atoms with Gasteiger partial charge in [0, 0.05) is 22.8 Å². The fourth-order valence-corrected chi connectivity index (χ4v) is 3.97. The summed E-state index contributed by atoms with van der Waals surface area (Å²) < 4.78 is 6.01. The van der Waals surface area contributed by atoms with Gasteiger partial charge in [-0.2, -0.15) is 5.10 Å². The van der Waals surface area contributed by atoms with Gasteiger partial charge in [0.1, 0.15) is 18.1 Å². The molecule has 4 aromatic rings. The number of fused-ring (bicyclic) bond motifs is 2. The Morgan fingerprint density at radius 3 is 2.78 bits per heavy atom. The van der Waals surface area contributed by atoms with Crippen molar-refractivity contribution in [1.82, 2.24) is 20.1 Å². The molecule has 27 heavy (non-hydrogen) atoms. The minimum absolute atomic E-state index is 0.743. The van der Waals surface area contributed by atoms with E-state index in [2.05, 4.69) is 44.3 Å². The molecule has 0 saturated carbocycles. The first-order chi connectivity index (χ1) is 13.4. The van der Waals surface area contributed by atoms with Gasteiger partial charge in [0.15, 0.2) is 0 Å². The van der Waals surface area contributed by atoms with Gasteiger partial charge in [-0.1, -0.05) is 24.6 Å². The molecule has 2 aromatic carbocycles. The Bertz CT molecular complexity index is 1060. The third kappa shape index (κ3) is 3.30. The zero-order chi connectivity index (χ0) is 18.1. The van der Waals surface area contributed by atoms with E-state index >= 15 is 0 Å². The number of H-pyrrole nitrogens is 2. The second-order valence-electron chi connectivity index (χ2n) is 7.30. The van der Waals surface area contributed by atoms with Crippen LogP contribution >= 0.6 is 0 Å². The predicted octanol–water partition coefficient (Wildman–Crippen LogP) is 4.58. The van der Waals surface area contributed by atoms with Crippen molar-refractivity contribution in [2.24, 2.45) is 0 Å². The van der Waals surface area contributed by atoms with Crippen LogP contribution in [0.1, 0.15) is 19.3 Å². The summed E-state index contributed by atoms with van der Waals surface area (Å²) in [4.78, 5) is 5.98. The van der Waals surface area contributed by atoms with E-state index in [4.69, 9.17) is 4.74 Å². The molecule has 0 unspecified atom stereocenters. The van der Waals surface area contributed by atoms with E-state index in [1.54, 1.807) is 0 Å². The molecule has 1 aliphatic rings. The van der Waals surface area contributed by atoms with Crippen molar-refractivity contribution >= 4 is 21.8 Å². The number of rotatable bonds is 5. The monoisotopic (exact) mass is 360 g/mol. The number of benzene rings is 2. The van der Waals surface area contributed by atoms with E-state index in [0.717, 1.165) is 52.1 Å². The van der Waals surface area contributed by atoms with Gasteiger partial charge in [0.2, 0.25) is 0 Å². The largest absolute Gasteiger partial charge is 0.492 e. The lowest BCUT2D eigenvalue weighted by molar-refractivity contribution is 0.183. The van der Waals surface area contributed by atoms with Crippen LogP contribution in [0.25, 0.3) is 33.2 Å². The summed E-state index contributed by atoms with van der Waals surface area (Å²) in [5, 5.41) is 9.87. The van der Waals surface area contributed by atoms with Gasteiger partial charge >= 0.3 is 0 Å². The van der Waals surface area contributed by atoms with Gasteiger partial charge in [0.05, 0.1) is 11.2 Å². The predicted molar refractivity (Wildman–Crippen MR) is 109 cm³/mol. The van der Waals surface area contributed by atoms with E-state index in [1.165, 1.54) is 32.4 Å². The average molecular weight is 360 g/mol. The Kier molecular flexibility index (Phi) is 4.30. The Morgan fingerprint density at radius 1 is 0.963 bits per heavy atom. The summed E-state index contributed by atoms with van der Waals surface area (Å²) in [6.45, 7) is 4.17. The highest BCUT2D eigenvalue weighted by Gasteiger charge is 2.12. The van der Waals surface area contributed by atoms with Crippen LogP contribution in [0, 0.1) is 0 Å². The van der Waals surface area contributed by atoms with Gasteiger partial charge in [-0.05, 0) is 56.3 Å². The van der Waals surface area contributed by atoms with Crippen LogP contribution in [0.2, 0.25) is 0 Å². The number of hydrogen-bond donors (Lipinski definition) is 2. The van der Waals surface area contributed by atoms with Crippen LogP contribution in [0.15, 0.2) is 48.5 Å². The maximum atomic E-state index is 6.01. The lowest BCUT2D eigenvalue weighted by atomic mass is 10.1. The van der Waals surface area contributed by atoms with Crippen molar-refractivity contribution in [3.05, 3.63) is 48.5 Å². The van der Waals surface area contributed by atoms with Crippen LogP contribution in [0.4, 0.5) is 0 Å². The second-order valence-corrected chi connectivity index (χ2v) is 7.30. The summed E-state index contributed by atoms with van der Waals surface area (Å²) in [7, 11) is 0. The van der Waals surface area contributed by atoms with Crippen LogP contribution in [0.5, 0.6) is 5.75 Å². The number of aromatic amines is 2. The first-order valence-corrected chi connectivity index (χ1v) is 9.78. The van der Waals surface area contributed by atoms with E-state index in [9.17, 15) is 0 Å². The Morgan fingerprint density at radius 2 is 1.85 bits per heavy atom. The molecule has 5 nitrogen and oxygen atoms in total. The van der Waals surface area contributed by atoms with Gasteiger partial charge in [0.25, 0.3) is 0 Å². The first-order valence-electron chi connectivity index (χ1n) is 9.78. The summed E-state index contributed by atoms with van der Waals surface area (Å²) >= 11 is 0. The fraction of sp³-hybridized carbons (Fsp3) is 0.318. The molecular formula is C22H24N4O. The molecule has 0 amide bonds. The molecule has 5 rings (SSSR count). The highest BCUT2D eigenvalue weighted by Crippen LogP contribution is 2.30. The SMILES string of the molecule is c1ccc2c(-c3cc4cc(OCCN5CCCCC5)ccc4[nH]3)n[nH]c2c1. The van der Waals surface area contributed by atoms with E-state index in [-0.39, 0.29) is 0 Å². The van der Waals surface area contributed by atoms with Gasteiger partial charge in [-0.25, -0.2) is 0 Å². The molecule has 1 aliphatic heterocycles. The number of piperidine rings is 1. The van der Waals surface area contributed by atoms with E-state index in [0.29, 0.717) is 0 Å². The molecule has 5 heteroatoms. The summed E-state index contributed by atoms with van der Waals surface area (Å²) in [6, 6.07) is 16.6. The Hall–Kier alpha value is -2.79. The topological polar surface area (TPSA) is 56.9 Å². The molecule has 0 atom stereocenters. The molecule has 1 fully saturated rings. The van der Waals surface area contributed by atoms with Crippen molar-refractivity contribution < 1.29 is 4.74 Å². The van der Waals surface area contributed by atoms with Crippen molar-refractivity contribution in [2.45, 2.75) is 19.3 Å². The standard InChI is InChI=1S/C22H24N4O/c1-4-10-26(11-5-1)12-13-27-17-8-9-19-16(14-17)15-21(23-19)22-18-6-2-3-7-20(18)24-25-22/h2-3,6-9,14-15,23H,1,4-5,10-13H2,(H,24,25). The molecule has 3 heterocycles. The normalized spacial score (nSPS) is 15.6. The van der Waals surface area contributed by atoms with Crippen molar-refractivity contribution in [3.8, 4) is 17.1 Å². The minimum Gasteiger partial charge on any atom is -0.492 e. The molecule has 0 spiro atoms. The number of ether oxygens (including phenoxy) is 1. The van der Waals surface area contributed by atoms with E-state index < -0.39 is 0 Å². The smallest absolute Gasteiger partial charge is 0.120 e. The fourth-order valence-electron chi connectivity index (χ4n) is 3.97. The highest BCUT2D eigenvalue weighted by molar-refractivity contribution is 5.95. The molecule has 1 saturated heterocycles. The lowest BCUT2D eigenvalue weighted by Crippen LogP contribution is -2.33. The molecule has 0 aliphatic carbocycles. The lowest BCUT2D eigenvalue weighted by Gasteiger charge is -2.26. The maximum absolute atomic E-state index is 6.01. The van der Waals surface area contributed by atoms with Crippen LogP contribution in [-0.4, -0.2) is 46.3 Å². The minimum atomic E-state index is 0.743. The first kappa shape index (κ1) is 16.4. The molecule has 2 aromatic heterocycles. The molecule has 2 N–H and O–H groups in total. The molecule has 0 bridgehead atoms. The van der Waals surface area contributed by atoms with Crippen LogP contribution in [-0.2, 0) is 0 Å². The number of nitrogens with one attached hydrogen (secondary N) is 2. The summed E-state index contributed by atoms with van der Waals surface area (Å²) in [6.07, 6.45) is 4.01. The highest BCUT2D eigenvalue weighted by atomic mass is 16.5. The Balaban J connectivity index is 1.34. The van der Waals surface area contributed by atoms with Crippen LogP contribution in [0.3, 0.4) is 0 Å². The van der Waals surface area contributed by atoms with Crippen molar-refractivity contribution in [1.29, 1.82) is 0 Å². The number of likely N-dealkylation sites (tertiary alicyclic amines) is 1. The van der Waals surface area contributed by atoms with Gasteiger partial charge < -0.3 is 9.72 Å².